The average Bonchev–Trinajstić information content (AvgIpc) is 2.03. The molecule has 1 N–H and O–H groups in total. The number of carbonyl (C=O) groups excluding carboxylic acids is 1. The summed E-state index contributed by atoms with van der Waals surface area (Å²) in [4.78, 5) is 10.9. The van der Waals surface area contributed by atoms with Crippen molar-refractivity contribution in [3.63, 3.8) is 0 Å². The number of aliphatic hydroxyl groups excluding tert-OH is 1. The molecule has 0 radical (unpaired) electrons. The van der Waals surface area contributed by atoms with Crippen molar-refractivity contribution in [2.75, 3.05) is 7.11 Å². The van der Waals surface area contributed by atoms with Crippen molar-refractivity contribution in [3.8, 4) is 0 Å². The maximum Gasteiger partial charge on any atom is 0.308 e. The van der Waals surface area contributed by atoms with E-state index in [2.05, 4.69) is 11.7 Å². The molecule has 0 aromatic carbocycles. The first kappa shape index (κ1) is 10.5. The lowest BCUT2D eigenvalue weighted by Crippen LogP contribution is -2.42. The van der Waals surface area contributed by atoms with E-state index in [0.29, 0.717) is 0 Å². The van der Waals surface area contributed by atoms with E-state index in [-0.39, 0.29) is 17.8 Å². The molecule has 13 heavy (non-hydrogen) atoms. The van der Waals surface area contributed by atoms with Gasteiger partial charge in [0.25, 0.3) is 0 Å². The van der Waals surface area contributed by atoms with Gasteiger partial charge < -0.3 is 9.84 Å². The zero-order valence-corrected chi connectivity index (χ0v) is 8.38. The van der Waals surface area contributed by atoms with Crippen molar-refractivity contribution in [2.45, 2.75) is 45.1 Å². The fraction of sp³-hybridized carbons (Fsp3) is 0.900. The Hall–Kier alpha value is -0.570. The van der Waals surface area contributed by atoms with Gasteiger partial charge in [-0.2, -0.15) is 0 Å². The monoisotopic (exact) mass is 186 g/mol. The molecule has 1 atom stereocenters. The second-order valence-corrected chi connectivity index (χ2v) is 3.87. The van der Waals surface area contributed by atoms with Crippen molar-refractivity contribution in [1.82, 2.24) is 0 Å². The molecule has 1 aliphatic carbocycles. The minimum absolute atomic E-state index is 0.00813. The summed E-state index contributed by atoms with van der Waals surface area (Å²) in [7, 11) is 1.36. The lowest BCUT2D eigenvalue weighted by molar-refractivity contribution is -0.147. The largest absolute Gasteiger partial charge is 0.469 e. The Morgan fingerprint density at radius 2 is 2.23 bits per heavy atom. The summed E-state index contributed by atoms with van der Waals surface area (Å²) in [6.07, 6.45) is 3.84. The fourth-order valence-corrected chi connectivity index (χ4v) is 2.01. The SMILES string of the molecule is CCC1(C(O)CC(=O)OC)CCC1. The van der Waals surface area contributed by atoms with E-state index in [9.17, 15) is 9.90 Å². The van der Waals surface area contributed by atoms with Gasteiger partial charge in [-0.15, -0.1) is 0 Å². The number of esters is 1. The molecule has 3 heteroatoms. The molecule has 0 bridgehead atoms. The summed E-state index contributed by atoms with van der Waals surface area (Å²) in [5.74, 6) is -0.313. The van der Waals surface area contributed by atoms with Crippen LogP contribution in [0.15, 0.2) is 0 Å². The minimum Gasteiger partial charge on any atom is -0.469 e. The summed E-state index contributed by atoms with van der Waals surface area (Å²) >= 11 is 0. The Kier molecular flexibility index (Phi) is 3.31. The van der Waals surface area contributed by atoms with Crippen molar-refractivity contribution in [3.05, 3.63) is 0 Å². The highest BCUT2D eigenvalue weighted by Gasteiger charge is 2.42. The number of methoxy groups -OCH3 is 1. The number of hydrogen-bond donors (Lipinski definition) is 1. The number of ether oxygens (including phenoxy) is 1. The van der Waals surface area contributed by atoms with Gasteiger partial charge in [0.05, 0.1) is 19.6 Å². The Morgan fingerprint density at radius 3 is 2.54 bits per heavy atom. The molecule has 3 nitrogen and oxygen atoms in total. The van der Waals surface area contributed by atoms with Crippen molar-refractivity contribution < 1.29 is 14.6 Å². The standard InChI is InChI=1S/C10H18O3/c1-3-10(5-4-6-10)8(11)7-9(12)13-2/h8,11H,3-7H2,1-2H3. The first-order chi connectivity index (χ1) is 6.14. The molecule has 0 spiro atoms. The van der Waals surface area contributed by atoms with Crippen LogP contribution in [-0.4, -0.2) is 24.3 Å². The van der Waals surface area contributed by atoms with Gasteiger partial charge >= 0.3 is 5.97 Å². The minimum atomic E-state index is -0.515. The third-order valence-electron chi connectivity index (χ3n) is 3.35. The predicted molar refractivity (Wildman–Crippen MR) is 49.2 cm³/mol. The van der Waals surface area contributed by atoms with Crippen LogP contribution in [0.4, 0.5) is 0 Å². The molecule has 0 saturated heterocycles. The second kappa shape index (κ2) is 4.09. The molecule has 1 unspecified atom stereocenters. The molecule has 1 fully saturated rings. The molecule has 0 aliphatic heterocycles. The van der Waals surface area contributed by atoms with E-state index < -0.39 is 6.10 Å². The highest BCUT2D eigenvalue weighted by atomic mass is 16.5. The smallest absolute Gasteiger partial charge is 0.308 e. The van der Waals surface area contributed by atoms with Gasteiger partial charge in [-0.05, 0) is 24.7 Å². The quantitative estimate of drug-likeness (QED) is 0.677. The summed E-state index contributed by atoms with van der Waals surface area (Å²) in [6.45, 7) is 2.07. The van der Waals surface area contributed by atoms with Gasteiger partial charge in [0.1, 0.15) is 0 Å². The Labute approximate surface area is 79.1 Å². The van der Waals surface area contributed by atoms with Crippen LogP contribution in [0, 0.1) is 5.41 Å². The predicted octanol–water partition coefficient (Wildman–Crippen LogP) is 1.49. The van der Waals surface area contributed by atoms with Crippen LogP contribution < -0.4 is 0 Å². The zero-order valence-electron chi connectivity index (χ0n) is 8.38. The summed E-state index contributed by atoms with van der Waals surface area (Å²) < 4.78 is 4.53. The van der Waals surface area contributed by atoms with Crippen LogP contribution in [0.2, 0.25) is 0 Å². The highest BCUT2D eigenvalue weighted by Crippen LogP contribution is 2.47. The molecule has 0 heterocycles. The van der Waals surface area contributed by atoms with E-state index in [4.69, 9.17) is 0 Å². The van der Waals surface area contributed by atoms with Gasteiger partial charge in [0, 0.05) is 0 Å². The Balaban J connectivity index is 2.45. The molecule has 76 valence electrons. The highest BCUT2D eigenvalue weighted by molar-refractivity contribution is 5.69. The van der Waals surface area contributed by atoms with Crippen LogP contribution in [0.1, 0.15) is 39.0 Å². The van der Waals surface area contributed by atoms with Crippen molar-refractivity contribution in [2.24, 2.45) is 5.41 Å². The first-order valence-corrected chi connectivity index (χ1v) is 4.89. The van der Waals surface area contributed by atoms with Crippen LogP contribution in [0.25, 0.3) is 0 Å². The molecular weight excluding hydrogens is 168 g/mol. The fourth-order valence-electron chi connectivity index (χ4n) is 2.01. The third-order valence-corrected chi connectivity index (χ3v) is 3.35. The maximum atomic E-state index is 10.9. The Morgan fingerprint density at radius 1 is 1.62 bits per heavy atom. The Bertz CT molecular complexity index is 179. The number of carbonyl (C=O) groups is 1. The molecule has 0 amide bonds. The molecule has 1 aliphatic rings. The lowest BCUT2D eigenvalue weighted by Gasteiger charge is -2.44. The van der Waals surface area contributed by atoms with Crippen molar-refractivity contribution in [1.29, 1.82) is 0 Å². The number of aliphatic hydroxyl groups is 1. The number of rotatable bonds is 4. The lowest BCUT2D eigenvalue weighted by atomic mass is 9.63. The molecular formula is C10H18O3. The van der Waals surface area contributed by atoms with Crippen molar-refractivity contribution >= 4 is 5.97 Å². The molecule has 1 saturated carbocycles. The van der Waals surface area contributed by atoms with E-state index in [1.54, 1.807) is 0 Å². The zero-order chi connectivity index (χ0) is 9.90. The molecule has 0 aromatic heterocycles. The maximum absolute atomic E-state index is 10.9. The topological polar surface area (TPSA) is 46.5 Å². The normalized spacial score (nSPS) is 21.8. The van der Waals surface area contributed by atoms with Gasteiger partial charge in [0.15, 0.2) is 0 Å². The number of hydrogen-bond acceptors (Lipinski definition) is 3. The van der Waals surface area contributed by atoms with E-state index in [1.165, 1.54) is 13.5 Å². The average molecular weight is 186 g/mol. The summed E-state index contributed by atoms with van der Waals surface area (Å²) in [5, 5.41) is 9.82. The van der Waals surface area contributed by atoms with Gasteiger partial charge in [-0.1, -0.05) is 13.3 Å². The van der Waals surface area contributed by atoms with E-state index in [1.807, 2.05) is 0 Å². The van der Waals surface area contributed by atoms with E-state index in [0.717, 1.165) is 19.3 Å². The van der Waals surface area contributed by atoms with Crippen LogP contribution in [0.5, 0.6) is 0 Å². The van der Waals surface area contributed by atoms with Gasteiger partial charge in [-0.3, -0.25) is 4.79 Å². The second-order valence-electron chi connectivity index (χ2n) is 3.87. The van der Waals surface area contributed by atoms with Gasteiger partial charge in [-0.25, -0.2) is 0 Å². The van der Waals surface area contributed by atoms with Crippen LogP contribution in [0.3, 0.4) is 0 Å². The summed E-state index contributed by atoms with van der Waals surface area (Å²) in [6, 6.07) is 0. The molecule has 1 rings (SSSR count). The first-order valence-electron chi connectivity index (χ1n) is 4.89. The van der Waals surface area contributed by atoms with Gasteiger partial charge in [0.2, 0.25) is 0 Å². The molecule has 0 aromatic rings. The third kappa shape index (κ3) is 2.02. The van der Waals surface area contributed by atoms with Crippen LogP contribution >= 0.6 is 0 Å². The van der Waals surface area contributed by atoms with Crippen LogP contribution in [-0.2, 0) is 9.53 Å². The van der Waals surface area contributed by atoms with E-state index >= 15 is 0 Å². The summed E-state index contributed by atoms with van der Waals surface area (Å²) in [5.41, 5.74) is 0.00813.